The molecule has 2 nitrogen and oxygen atoms in total. The van der Waals surface area contributed by atoms with E-state index in [4.69, 9.17) is 0 Å². The van der Waals surface area contributed by atoms with Crippen molar-refractivity contribution < 1.29 is 0 Å². The number of aryl methyl sites for hydroxylation is 1. The molecule has 11 rings (SSSR count). The molecule has 2 heterocycles. The third-order valence-corrected chi connectivity index (χ3v) is 14.0. The number of fused-ring (bicyclic) bond motifs is 11. The Morgan fingerprint density at radius 3 is 2.04 bits per heavy atom. The van der Waals surface area contributed by atoms with Crippen molar-refractivity contribution >= 4 is 62.2 Å². The van der Waals surface area contributed by atoms with E-state index >= 15 is 0 Å². The van der Waals surface area contributed by atoms with Crippen molar-refractivity contribution in [3.05, 3.63) is 149 Å². The van der Waals surface area contributed by atoms with Gasteiger partial charge >= 0.3 is 0 Å². The van der Waals surface area contributed by atoms with E-state index in [0.29, 0.717) is 0 Å². The van der Waals surface area contributed by atoms with Crippen molar-refractivity contribution in [1.29, 1.82) is 0 Å². The number of para-hydroxylation sites is 2. The topological polar surface area (TPSA) is 17.0 Å². The fourth-order valence-corrected chi connectivity index (χ4v) is 10.8. The van der Waals surface area contributed by atoms with E-state index in [1.807, 2.05) is 0 Å². The summed E-state index contributed by atoms with van der Waals surface area (Å²) >= 11 is 0. The van der Waals surface area contributed by atoms with Crippen LogP contribution in [0.1, 0.15) is 82.2 Å². The lowest BCUT2D eigenvalue weighted by Gasteiger charge is -2.42. The summed E-state index contributed by atoms with van der Waals surface area (Å²) in [5, 5.41) is 9.38. The van der Waals surface area contributed by atoms with Gasteiger partial charge in [-0.05, 0) is 116 Å². The second-order valence-corrected chi connectivity index (χ2v) is 18.5. The van der Waals surface area contributed by atoms with Gasteiger partial charge in [-0.2, -0.15) is 0 Å². The number of hydrogen-bond donors (Lipinski definition) is 1. The minimum Gasteiger partial charge on any atom is -0.355 e. The molecule has 0 unspecified atom stereocenters. The summed E-state index contributed by atoms with van der Waals surface area (Å²) in [5.74, 6) is 0. The highest BCUT2D eigenvalue weighted by Gasteiger charge is 2.39. The van der Waals surface area contributed by atoms with Gasteiger partial charge in [-0.15, -0.1) is 0 Å². The zero-order valence-corrected chi connectivity index (χ0v) is 33.1. The second-order valence-electron chi connectivity index (χ2n) is 18.5. The van der Waals surface area contributed by atoms with E-state index in [1.165, 1.54) is 123 Å². The largest absolute Gasteiger partial charge is 0.355 e. The highest BCUT2D eigenvalue weighted by atomic mass is 15.0. The number of hydrogen-bond acceptors (Lipinski definition) is 1. The first kappa shape index (κ1) is 32.9. The monoisotopic (exact) mass is 710 g/mol. The molecule has 1 N–H and O–H groups in total. The number of benzene rings is 7. The number of aromatic nitrogens is 1. The lowest BCUT2D eigenvalue weighted by Crippen LogP contribution is -2.37. The van der Waals surface area contributed by atoms with Crippen LogP contribution in [0.4, 0.5) is 11.4 Å². The predicted octanol–water partition coefficient (Wildman–Crippen LogP) is 12.0. The van der Waals surface area contributed by atoms with Crippen LogP contribution in [-0.4, -0.2) is 11.8 Å². The van der Waals surface area contributed by atoms with Gasteiger partial charge in [-0.25, -0.2) is 0 Å². The Kier molecular flexibility index (Phi) is 6.59. The molecule has 0 atom stereocenters. The molecular weight excluding hydrogens is 663 g/mol. The van der Waals surface area contributed by atoms with Gasteiger partial charge in [-0.1, -0.05) is 138 Å². The van der Waals surface area contributed by atoms with Crippen molar-refractivity contribution in [3.8, 4) is 27.9 Å². The van der Waals surface area contributed by atoms with Crippen LogP contribution in [0.15, 0.2) is 121 Å². The first-order chi connectivity index (χ1) is 26.4. The van der Waals surface area contributed by atoms with Gasteiger partial charge in [-0.3, -0.25) is 0 Å². The molecule has 1 aliphatic heterocycles. The first-order valence-electron chi connectivity index (χ1n) is 20.2. The lowest BCUT2D eigenvalue weighted by molar-refractivity contribution is 0.332. The first-order valence-corrected chi connectivity index (χ1v) is 20.2. The highest BCUT2D eigenvalue weighted by Crippen LogP contribution is 2.53. The second kappa shape index (κ2) is 11.0. The van der Waals surface area contributed by atoms with Crippen molar-refractivity contribution in [2.24, 2.45) is 0 Å². The standard InChI is InChI=1S/C52H47BN2/c1-30-25-41-42(51(4,5)24-23-50(41,2)3)29-44(30)54-45-28-40-36(33-17-10-12-20-39(33)52(40,6)7)27-37(45)38-26-31-15-8-9-16-32(31)49-47(38)53-43-21-14-19-35-34-18-11-13-22-46(34)55(49)48(35)43/h8-22,25-29,53-54H,23-24H2,1-7H3. The average molecular weight is 711 g/mol. The number of nitrogens with one attached hydrogen (secondary N) is 1. The molecule has 7 aromatic carbocycles. The zero-order chi connectivity index (χ0) is 37.6. The maximum absolute atomic E-state index is 4.16. The minimum atomic E-state index is -0.116. The molecule has 2 aliphatic carbocycles. The molecule has 3 aliphatic rings. The molecule has 0 saturated carbocycles. The maximum atomic E-state index is 4.16. The molecule has 268 valence electrons. The summed E-state index contributed by atoms with van der Waals surface area (Å²) in [6, 6.07) is 46.5. The van der Waals surface area contributed by atoms with Crippen molar-refractivity contribution in [2.75, 3.05) is 5.32 Å². The Bertz CT molecular complexity index is 2970. The summed E-state index contributed by atoms with van der Waals surface area (Å²) in [7, 11) is 0.878. The number of rotatable bonds is 3. The van der Waals surface area contributed by atoms with Crippen LogP contribution in [0.25, 0.3) is 60.5 Å². The molecule has 55 heavy (non-hydrogen) atoms. The quantitative estimate of drug-likeness (QED) is 0.181. The number of nitrogens with zero attached hydrogens (tertiary/aromatic N) is 1. The van der Waals surface area contributed by atoms with Crippen molar-refractivity contribution in [2.45, 2.75) is 77.6 Å². The zero-order valence-electron chi connectivity index (χ0n) is 33.1. The van der Waals surface area contributed by atoms with E-state index in [2.05, 4.69) is 180 Å². The van der Waals surface area contributed by atoms with Gasteiger partial charge in [0.1, 0.15) is 0 Å². The molecule has 0 radical (unpaired) electrons. The van der Waals surface area contributed by atoms with E-state index in [9.17, 15) is 0 Å². The third kappa shape index (κ3) is 4.50. The van der Waals surface area contributed by atoms with Gasteiger partial charge in [0.25, 0.3) is 0 Å². The molecule has 3 heteroatoms. The molecule has 0 amide bonds. The summed E-state index contributed by atoms with van der Waals surface area (Å²) in [6.07, 6.45) is 2.40. The van der Waals surface area contributed by atoms with Crippen molar-refractivity contribution in [3.63, 3.8) is 0 Å². The Hall–Kier alpha value is -5.54. The number of anilines is 2. The molecule has 0 bridgehead atoms. The highest BCUT2D eigenvalue weighted by molar-refractivity contribution is 6.74. The van der Waals surface area contributed by atoms with Crippen LogP contribution in [-0.2, 0) is 16.2 Å². The Morgan fingerprint density at radius 1 is 0.545 bits per heavy atom. The van der Waals surface area contributed by atoms with Gasteiger partial charge in [0.2, 0.25) is 0 Å². The molecule has 8 aromatic rings. The maximum Gasteiger partial charge on any atom is 0.198 e. The summed E-state index contributed by atoms with van der Waals surface area (Å²) < 4.78 is 2.58. The fourth-order valence-electron chi connectivity index (χ4n) is 10.8. The van der Waals surface area contributed by atoms with Gasteiger partial charge in [0.15, 0.2) is 7.28 Å². The van der Waals surface area contributed by atoms with Gasteiger partial charge in [0, 0.05) is 49.7 Å². The normalized spacial score (nSPS) is 16.7. The van der Waals surface area contributed by atoms with Crippen LogP contribution in [0.3, 0.4) is 0 Å². The summed E-state index contributed by atoms with van der Waals surface area (Å²) in [6.45, 7) is 16.8. The van der Waals surface area contributed by atoms with E-state index in [-0.39, 0.29) is 16.2 Å². The van der Waals surface area contributed by atoms with Crippen LogP contribution >= 0.6 is 0 Å². The Balaban J connectivity index is 1.22. The molecule has 0 fully saturated rings. The average Bonchev–Trinajstić information content (AvgIpc) is 3.63. The summed E-state index contributed by atoms with van der Waals surface area (Å²) in [4.78, 5) is 0. The van der Waals surface area contributed by atoms with E-state index < -0.39 is 0 Å². The molecule has 1 aromatic heterocycles. The molecule has 0 saturated heterocycles. The van der Waals surface area contributed by atoms with Crippen LogP contribution in [0.5, 0.6) is 0 Å². The minimum absolute atomic E-state index is 0.116. The third-order valence-electron chi connectivity index (χ3n) is 14.0. The molecule has 0 spiro atoms. The SMILES string of the molecule is Cc1cc2c(cc1Nc1cc3c(cc1-c1cc4ccccc4c4c1Bc1cccc5c6ccccc6n-4c15)-c1ccccc1C3(C)C)C(C)(C)CCC2(C)C. The predicted molar refractivity (Wildman–Crippen MR) is 237 cm³/mol. The van der Waals surface area contributed by atoms with Crippen molar-refractivity contribution in [1.82, 2.24) is 4.57 Å². The van der Waals surface area contributed by atoms with Crippen LogP contribution in [0.2, 0.25) is 0 Å². The van der Waals surface area contributed by atoms with Gasteiger partial charge in [0.05, 0.1) is 5.52 Å². The van der Waals surface area contributed by atoms with E-state index in [1.54, 1.807) is 0 Å². The molecular formula is C52H47BN2. The van der Waals surface area contributed by atoms with Crippen LogP contribution < -0.4 is 16.2 Å². The van der Waals surface area contributed by atoms with Gasteiger partial charge < -0.3 is 9.88 Å². The Morgan fingerprint density at radius 2 is 1.22 bits per heavy atom. The lowest BCUT2D eigenvalue weighted by atomic mass is 9.58. The van der Waals surface area contributed by atoms with Crippen LogP contribution in [0, 0.1) is 6.92 Å². The summed E-state index contributed by atoms with van der Waals surface area (Å²) in [5.41, 5.74) is 21.6. The fraction of sp³-hybridized carbons (Fsp3) is 0.231. The smallest absolute Gasteiger partial charge is 0.198 e. The Labute approximate surface area is 325 Å². The van der Waals surface area contributed by atoms with E-state index in [0.717, 1.165) is 7.28 Å².